The molecule has 1 aromatic carbocycles. The maximum absolute atomic E-state index is 11.6. The van der Waals surface area contributed by atoms with Crippen molar-refractivity contribution in [2.24, 2.45) is 0 Å². The Morgan fingerprint density at radius 2 is 2.09 bits per heavy atom. The summed E-state index contributed by atoms with van der Waals surface area (Å²) in [6.45, 7) is 4.62. The molecule has 0 radical (unpaired) electrons. The Morgan fingerprint density at radius 3 is 2.73 bits per heavy atom. The van der Waals surface area contributed by atoms with Gasteiger partial charge in [-0.25, -0.2) is 4.79 Å². The van der Waals surface area contributed by atoms with Crippen molar-refractivity contribution in [3.63, 3.8) is 0 Å². The number of hydrogen-bond acceptors (Lipinski definition) is 3. The van der Waals surface area contributed by atoms with E-state index in [1.807, 2.05) is 19.1 Å². The van der Waals surface area contributed by atoms with Gasteiger partial charge < -0.3 is 15.0 Å². The third-order valence-corrected chi connectivity index (χ3v) is 4.45. The summed E-state index contributed by atoms with van der Waals surface area (Å²) in [5.41, 5.74) is 1.10. The summed E-state index contributed by atoms with van der Waals surface area (Å²) in [7, 11) is 0. The van der Waals surface area contributed by atoms with Crippen LogP contribution in [0.25, 0.3) is 0 Å². The molecule has 22 heavy (non-hydrogen) atoms. The fraction of sp³-hybridized carbons (Fsp3) is 0.562. The summed E-state index contributed by atoms with van der Waals surface area (Å²) in [4.78, 5) is 13.4. The monoisotopic (exact) mass is 344 g/mol. The first-order valence-electron chi connectivity index (χ1n) is 7.69. The van der Waals surface area contributed by atoms with Crippen molar-refractivity contribution >= 4 is 29.3 Å². The van der Waals surface area contributed by atoms with Crippen LogP contribution in [0.1, 0.15) is 25.3 Å². The molecule has 6 heteroatoms. The van der Waals surface area contributed by atoms with Gasteiger partial charge in [0.2, 0.25) is 0 Å². The molecule has 0 saturated carbocycles. The molecule has 1 fully saturated rings. The zero-order valence-corrected chi connectivity index (χ0v) is 14.3. The lowest BCUT2D eigenvalue weighted by Gasteiger charge is -2.31. The number of piperidine rings is 1. The summed E-state index contributed by atoms with van der Waals surface area (Å²) < 4.78 is 5.02. The largest absolute Gasteiger partial charge is 0.450 e. The third kappa shape index (κ3) is 5.04. The lowest BCUT2D eigenvalue weighted by molar-refractivity contribution is 0.0952. The van der Waals surface area contributed by atoms with E-state index in [4.69, 9.17) is 27.9 Å². The van der Waals surface area contributed by atoms with Crippen LogP contribution in [0.15, 0.2) is 18.2 Å². The average Bonchev–Trinajstić information content (AvgIpc) is 2.50. The SMILES string of the molecule is CCOC(=O)N1CCC(NCCc2ccc(Cl)cc2Cl)CC1. The first-order chi connectivity index (χ1) is 10.6. The Bertz CT molecular complexity index is 503. The van der Waals surface area contributed by atoms with Crippen LogP contribution >= 0.6 is 23.2 Å². The van der Waals surface area contributed by atoms with E-state index in [0.717, 1.165) is 44.5 Å². The van der Waals surface area contributed by atoms with Crippen LogP contribution in [0, 0.1) is 0 Å². The molecule has 1 amide bonds. The average molecular weight is 345 g/mol. The number of halogens is 2. The van der Waals surface area contributed by atoms with E-state index in [-0.39, 0.29) is 6.09 Å². The van der Waals surface area contributed by atoms with Crippen molar-refractivity contribution in [2.75, 3.05) is 26.2 Å². The predicted octanol–water partition coefficient (Wildman–Crippen LogP) is 3.75. The highest BCUT2D eigenvalue weighted by molar-refractivity contribution is 6.35. The van der Waals surface area contributed by atoms with Crippen LogP contribution in [0.4, 0.5) is 4.79 Å². The van der Waals surface area contributed by atoms with Crippen molar-refractivity contribution in [2.45, 2.75) is 32.2 Å². The van der Waals surface area contributed by atoms with Gasteiger partial charge in [-0.15, -0.1) is 0 Å². The molecule has 4 nitrogen and oxygen atoms in total. The van der Waals surface area contributed by atoms with Gasteiger partial charge in [-0.1, -0.05) is 29.3 Å². The predicted molar refractivity (Wildman–Crippen MR) is 89.8 cm³/mol. The van der Waals surface area contributed by atoms with Gasteiger partial charge in [0.05, 0.1) is 6.61 Å². The van der Waals surface area contributed by atoms with Gasteiger partial charge >= 0.3 is 6.09 Å². The molecule has 1 aliphatic heterocycles. The van der Waals surface area contributed by atoms with Gasteiger partial charge in [0, 0.05) is 29.2 Å². The molecule has 0 aliphatic carbocycles. The zero-order valence-electron chi connectivity index (χ0n) is 12.8. The van der Waals surface area contributed by atoms with Crippen LogP contribution in [0.3, 0.4) is 0 Å². The Hall–Kier alpha value is -0.970. The van der Waals surface area contributed by atoms with Crippen LogP contribution in [-0.2, 0) is 11.2 Å². The zero-order chi connectivity index (χ0) is 15.9. The van der Waals surface area contributed by atoms with Crippen molar-refractivity contribution in [1.29, 1.82) is 0 Å². The Kier molecular flexibility index (Phi) is 6.80. The van der Waals surface area contributed by atoms with Gasteiger partial charge in [0.1, 0.15) is 0 Å². The van der Waals surface area contributed by atoms with Crippen molar-refractivity contribution in [3.8, 4) is 0 Å². The van der Waals surface area contributed by atoms with Gasteiger partial charge in [0.25, 0.3) is 0 Å². The molecular formula is C16H22Cl2N2O2. The van der Waals surface area contributed by atoms with Crippen LogP contribution in [0.2, 0.25) is 10.0 Å². The van der Waals surface area contributed by atoms with Crippen molar-refractivity contribution in [1.82, 2.24) is 10.2 Å². The molecular weight excluding hydrogens is 323 g/mol. The second-order valence-electron chi connectivity index (χ2n) is 5.40. The highest BCUT2D eigenvalue weighted by Crippen LogP contribution is 2.21. The van der Waals surface area contributed by atoms with Crippen LogP contribution in [-0.4, -0.2) is 43.3 Å². The van der Waals surface area contributed by atoms with Crippen molar-refractivity contribution in [3.05, 3.63) is 33.8 Å². The number of benzene rings is 1. The molecule has 2 rings (SSSR count). The van der Waals surface area contributed by atoms with Gasteiger partial charge in [-0.2, -0.15) is 0 Å². The van der Waals surface area contributed by atoms with Gasteiger partial charge in [-0.3, -0.25) is 0 Å². The Balaban J connectivity index is 1.70. The number of carbonyl (C=O) groups excluding carboxylic acids is 1. The maximum Gasteiger partial charge on any atom is 0.409 e. The smallest absolute Gasteiger partial charge is 0.409 e. The minimum absolute atomic E-state index is 0.200. The van der Waals surface area contributed by atoms with E-state index >= 15 is 0 Å². The first kappa shape index (κ1) is 17.4. The number of hydrogen-bond donors (Lipinski definition) is 1. The number of nitrogens with one attached hydrogen (secondary N) is 1. The topological polar surface area (TPSA) is 41.6 Å². The number of amides is 1. The van der Waals surface area contributed by atoms with Crippen LogP contribution in [0.5, 0.6) is 0 Å². The summed E-state index contributed by atoms with van der Waals surface area (Å²) in [5, 5.41) is 4.91. The quantitative estimate of drug-likeness (QED) is 0.884. The summed E-state index contributed by atoms with van der Waals surface area (Å²) >= 11 is 12.1. The minimum Gasteiger partial charge on any atom is -0.450 e. The molecule has 0 bridgehead atoms. The van der Waals surface area contributed by atoms with E-state index in [1.165, 1.54) is 0 Å². The number of rotatable bonds is 5. The molecule has 0 atom stereocenters. The Morgan fingerprint density at radius 1 is 1.36 bits per heavy atom. The molecule has 0 spiro atoms. The first-order valence-corrected chi connectivity index (χ1v) is 8.44. The lowest BCUT2D eigenvalue weighted by Crippen LogP contribution is -2.45. The fourth-order valence-electron chi connectivity index (χ4n) is 2.62. The number of ether oxygens (including phenoxy) is 1. The molecule has 122 valence electrons. The maximum atomic E-state index is 11.6. The highest BCUT2D eigenvalue weighted by Gasteiger charge is 2.22. The second-order valence-corrected chi connectivity index (χ2v) is 6.24. The van der Waals surface area contributed by atoms with E-state index < -0.39 is 0 Å². The number of carbonyl (C=O) groups is 1. The molecule has 1 heterocycles. The van der Waals surface area contributed by atoms with E-state index in [1.54, 1.807) is 11.0 Å². The standard InChI is InChI=1S/C16H22Cl2N2O2/c1-2-22-16(21)20-9-6-14(7-10-20)19-8-5-12-3-4-13(17)11-15(12)18/h3-4,11,14,19H,2,5-10H2,1H3. The summed E-state index contributed by atoms with van der Waals surface area (Å²) in [6.07, 6.45) is 2.57. The van der Waals surface area contributed by atoms with Gasteiger partial charge in [-0.05, 0) is 50.4 Å². The van der Waals surface area contributed by atoms with E-state index in [2.05, 4.69) is 5.32 Å². The Labute approximate surface area is 141 Å². The molecule has 1 aliphatic rings. The number of nitrogens with zero attached hydrogens (tertiary/aromatic N) is 1. The van der Waals surface area contributed by atoms with Crippen molar-refractivity contribution < 1.29 is 9.53 Å². The molecule has 1 N–H and O–H groups in total. The summed E-state index contributed by atoms with van der Waals surface area (Å²) in [6, 6.07) is 6.05. The van der Waals surface area contributed by atoms with Gasteiger partial charge in [0.15, 0.2) is 0 Å². The molecule has 0 aromatic heterocycles. The molecule has 1 aromatic rings. The second kappa shape index (κ2) is 8.61. The lowest BCUT2D eigenvalue weighted by atomic mass is 10.0. The van der Waals surface area contributed by atoms with E-state index in [0.29, 0.717) is 22.7 Å². The molecule has 1 saturated heterocycles. The minimum atomic E-state index is -0.200. The highest BCUT2D eigenvalue weighted by atomic mass is 35.5. The number of likely N-dealkylation sites (tertiary alicyclic amines) is 1. The fourth-order valence-corrected chi connectivity index (χ4v) is 3.12. The van der Waals surface area contributed by atoms with Crippen LogP contribution < -0.4 is 5.32 Å². The summed E-state index contributed by atoms with van der Waals surface area (Å²) in [5.74, 6) is 0. The van der Waals surface area contributed by atoms with E-state index in [9.17, 15) is 4.79 Å². The normalized spacial score (nSPS) is 15.9. The molecule has 0 unspecified atom stereocenters. The third-order valence-electron chi connectivity index (χ3n) is 3.86.